The molecule has 0 radical (unpaired) electrons. The first kappa shape index (κ1) is 16.2. The number of hydrogen-bond acceptors (Lipinski definition) is 5. The number of morpholine rings is 1. The van der Waals surface area contributed by atoms with Gasteiger partial charge in [-0.1, -0.05) is 30.3 Å². The molecule has 1 aliphatic heterocycles. The summed E-state index contributed by atoms with van der Waals surface area (Å²) in [5.41, 5.74) is 1.18. The second-order valence-corrected chi connectivity index (χ2v) is 5.78. The molecule has 2 heterocycles. The second kappa shape index (κ2) is 8.26. The molecule has 1 aromatic heterocycles. The van der Waals surface area contributed by atoms with Crippen molar-refractivity contribution in [3.63, 3.8) is 0 Å². The maximum atomic E-state index is 10.1. The van der Waals surface area contributed by atoms with Crippen molar-refractivity contribution in [3.8, 4) is 0 Å². The fraction of sp³-hybridized carbons (Fsp3) is 0.444. The minimum atomic E-state index is -0.514. The lowest BCUT2D eigenvalue weighted by Crippen LogP contribution is -2.43. The molecule has 2 aromatic rings. The first-order valence-electron chi connectivity index (χ1n) is 7.98. The number of ether oxygens (including phenoxy) is 2. The molecule has 1 aliphatic rings. The molecule has 0 spiro atoms. The fourth-order valence-corrected chi connectivity index (χ4v) is 2.78. The van der Waals surface area contributed by atoms with Crippen LogP contribution in [0.4, 0.5) is 0 Å². The molecular formula is C18H23NO4. The van der Waals surface area contributed by atoms with Crippen molar-refractivity contribution < 1.29 is 19.0 Å². The van der Waals surface area contributed by atoms with E-state index in [2.05, 4.69) is 17.0 Å². The molecule has 0 aliphatic carbocycles. The van der Waals surface area contributed by atoms with Crippen molar-refractivity contribution in [3.05, 3.63) is 60.1 Å². The monoisotopic (exact) mass is 317 g/mol. The fourth-order valence-electron chi connectivity index (χ4n) is 2.78. The molecule has 0 amide bonds. The zero-order chi connectivity index (χ0) is 15.9. The number of furan rings is 1. The summed E-state index contributed by atoms with van der Waals surface area (Å²) in [5.74, 6) is 0.771. The highest BCUT2D eigenvalue weighted by Crippen LogP contribution is 2.21. The Kier molecular flexibility index (Phi) is 5.82. The van der Waals surface area contributed by atoms with Gasteiger partial charge in [0.05, 0.1) is 31.7 Å². The Balaban J connectivity index is 1.42. The topological polar surface area (TPSA) is 55.1 Å². The van der Waals surface area contributed by atoms with Gasteiger partial charge >= 0.3 is 0 Å². The van der Waals surface area contributed by atoms with Gasteiger partial charge in [0.1, 0.15) is 12.4 Å². The van der Waals surface area contributed by atoms with Crippen molar-refractivity contribution in [2.75, 3.05) is 32.8 Å². The van der Waals surface area contributed by atoms with E-state index in [1.54, 1.807) is 6.26 Å². The first-order chi connectivity index (χ1) is 11.3. The van der Waals surface area contributed by atoms with Crippen molar-refractivity contribution in [2.45, 2.75) is 18.8 Å². The van der Waals surface area contributed by atoms with Crippen LogP contribution in [0.5, 0.6) is 0 Å². The summed E-state index contributed by atoms with van der Waals surface area (Å²) in [6.07, 6.45) is 1.17. The Hall–Kier alpha value is -1.66. The normalized spacial score (nSPS) is 20.5. The van der Waals surface area contributed by atoms with Crippen LogP contribution in [0.15, 0.2) is 53.1 Å². The maximum Gasteiger partial charge on any atom is 0.129 e. The number of β-amino-alcohol motifs (C(OH)–C–C–N with tert-alkyl or cyclic N) is 1. The van der Waals surface area contributed by atoms with Crippen LogP contribution >= 0.6 is 0 Å². The molecule has 0 bridgehead atoms. The van der Waals surface area contributed by atoms with Crippen LogP contribution in [0.1, 0.15) is 17.4 Å². The highest BCUT2D eigenvalue weighted by atomic mass is 16.5. The maximum absolute atomic E-state index is 10.1. The molecule has 1 saturated heterocycles. The third-order valence-corrected chi connectivity index (χ3v) is 3.93. The number of nitrogens with zero attached hydrogens (tertiary/aromatic N) is 1. The van der Waals surface area contributed by atoms with Crippen molar-refractivity contribution in [1.82, 2.24) is 4.90 Å². The highest BCUT2D eigenvalue weighted by molar-refractivity contribution is 5.18. The third kappa shape index (κ3) is 4.91. The van der Waals surface area contributed by atoms with Crippen LogP contribution in [0, 0.1) is 0 Å². The standard InChI is InChI=1S/C18H23NO4/c20-16(13-21-14-17-7-4-9-22-17)11-19-8-10-23-18(12-19)15-5-2-1-3-6-15/h1-7,9,16,18,20H,8,10-14H2. The predicted molar refractivity (Wildman–Crippen MR) is 85.9 cm³/mol. The smallest absolute Gasteiger partial charge is 0.129 e. The van der Waals surface area contributed by atoms with Crippen LogP contribution < -0.4 is 0 Å². The molecule has 124 valence electrons. The molecule has 5 nitrogen and oxygen atoms in total. The summed E-state index contributed by atoms with van der Waals surface area (Å²) >= 11 is 0. The molecule has 2 atom stereocenters. The largest absolute Gasteiger partial charge is 0.467 e. The zero-order valence-corrected chi connectivity index (χ0v) is 13.1. The summed E-state index contributed by atoms with van der Waals surface area (Å²) in [5, 5.41) is 10.1. The second-order valence-electron chi connectivity index (χ2n) is 5.78. The van der Waals surface area contributed by atoms with Gasteiger partial charge in [0, 0.05) is 19.6 Å². The van der Waals surface area contributed by atoms with E-state index in [9.17, 15) is 5.11 Å². The number of aliphatic hydroxyl groups excluding tert-OH is 1. The van der Waals surface area contributed by atoms with E-state index in [4.69, 9.17) is 13.9 Å². The van der Waals surface area contributed by atoms with Crippen molar-refractivity contribution >= 4 is 0 Å². The van der Waals surface area contributed by atoms with Crippen molar-refractivity contribution in [2.24, 2.45) is 0 Å². The van der Waals surface area contributed by atoms with Gasteiger partial charge in [-0.3, -0.25) is 4.90 Å². The van der Waals surface area contributed by atoms with Gasteiger partial charge in [-0.2, -0.15) is 0 Å². The van der Waals surface area contributed by atoms with Gasteiger partial charge in [-0.25, -0.2) is 0 Å². The quantitative estimate of drug-likeness (QED) is 0.849. The molecule has 1 fully saturated rings. The summed E-state index contributed by atoms with van der Waals surface area (Å²) in [6.45, 7) is 3.58. The summed E-state index contributed by atoms with van der Waals surface area (Å²) < 4.78 is 16.5. The van der Waals surface area contributed by atoms with E-state index in [1.165, 1.54) is 5.56 Å². The summed E-state index contributed by atoms with van der Waals surface area (Å²) in [6, 6.07) is 13.9. The van der Waals surface area contributed by atoms with Crippen LogP contribution in [-0.2, 0) is 16.1 Å². The van der Waals surface area contributed by atoms with Gasteiger partial charge in [0.25, 0.3) is 0 Å². The number of rotatable bonds is 7. The average Bonchev–Trinajstić information content (AvgIpc) is 3.09. The minimum Gasteiger partial charge on any atom is -0.467 e. The Morgan fingerprint density at radius 2 is 2.09 bits per heavy atom. The third-order valence-electron chi connectivity index (χ3n) is 3.93. The highest BCUT2D eigenvalue weighted by Gasteiger charge is 2.23. The van der Waals surface area contributed by atoms with E-state index < -0.39 is 6.10 Å². The first-order valence-corrected chi connectivity index (χ1v) is 7.98. The molecule has 23 heavy (non-hydrogen) atoms. The lowest BCUT2D eigenvalue weighted by molar-refractivity contribution is -0.0544. The number of benzene rings is 1. The number of aliphatic hydroxyl groups is 1. The molecule has 3 rings (SSSR count). The molecule has 5 heteroatoms. The Labute approximate surface area is 136 Å². The molecule has 1 aromatic carbocycles. The summed E-state index contributed by atoms with van der Waals surface area (Å²) in [4.78, 5) is 2.22. The number of hydrogen-bond donors (Lipinski definition) is 1. The van der Waals surface area contributed by atoms with E-state index in [-0.39, 0.29) is 6.10 Å². The van der Waals surface area contributed by atoms with Crippen LogP contribution in [0.2, 0.25) is 0 Å². The Bertz CT molecular complexity index is 558. The molecule has 2 unspecified atom stereocenters. The SMILES string of the molecule is OC(COCc1ccco1)CN1CCOC(c2ccccc2)C1. The van der Waals surface area contributed by atoms with Gasteiger partial charge in [0.2, 0.25) is 0 Å². The van der Waals surface area contributed by atoms with Crippen LogP contribution in [-0.4, -0.2) is 49.0 Å². The van der Waals surface area contributed by atoms with Gasteiger partial charge < -0.3 is 19.0 Å². The Morgan fingerprint density at radius 3 is 2.87 bits per heavy atom. The molecule has 1 N–H and O–H groups in total. The van der Waals surface area contributed by atoms with Gasteiger partial charge in [-0.05, 0) is 17.7 Å². The lowest BCUT2D eigenvalue weighted by Gasteiger charge is -2.34. The molecule has 0 saturated carbocycles. The van der Waals surface area contributed by atoms with E-state index >= 15 is 0 Å². The van der Waals surface area contributed by atoms with E-state index in [0.717, 1.165) is 18.8 Å². The minimum absolute atomic E-state index is 0.0705. The predicted octanol–water partition coefficient (Wildman–Crippen LogP) is 2.23. The van der Waals surface area contributed by atoms with E-state index in [1.807, 2.05) is 30.3 Å². The van der Waals surface area contributed by atoms with Crippen LogP contribution in [0.25, 0.3) is 0 Å². The van der Waals surface area contributed by atoms with Gasteiger partial charge in [0.15, 0.2) is 0 Å². The van der Waals surface area contributed by atoms with Crippen molar-refractivity contribution in [1.29, 1.82) is 0 Å². The molecular weight excluding hydrogens is 294 g/mol. The Morgan fingerprint density at radius 1 is 1.22 bits per heavy atom. The van der Waals surface area contributed by atoms with E-state index in [0.29, 0.717) is 26.4 Å². The zero-order valence-electron chi connectivity index (χ0n) is 13.1. The van der Waals surface area contributed by atoms with Crippen LogP contribution in [0.3, 0.4) is 0 Å². The van der Waals surface area contributed by atoms with Gasteiger partial charge in [-0.15, -0.1) is 0 Å². The average molecular weight is 317 g/mol. The lowest BCUT2D eigenvalue weighted by atomic mass is 10.1. The summed E-state index contributed by atoms with van der Waals surface area (Å²) in [7, 11) is 0.